The molecule has 0 aromatic heterocycles. The first kappa shape index (κ1) is 18.3. The number of anilines is 1. The molecule has 0 aliphatic rings. The molecule has 0 radical (unpaired) electrons. The summed E-state index contributed by atoms with van der Waals surface area (Å²) in [6, 6.07) is 8.18. The number of methoxy groups -OCH3 is 2. The van der Waals surface area contributed by atoms with E-state index in [1.54, 1.807) is 38.6 Å². The Morgan fingerprint density at radius 1 is 1.21 bits per heavy atom. The number of carbonyl (C=O) groups is 1. The van der Waals surface area contributed by atoms with Crippen LogP contribution in [0.2, 0.25) is 0 Å². The molecule has 8 heteroatoms. The zero-order valence-electron chi connectivity index (χ0n) is 12.8. The van der Waals surface area contributed by atoms with Gasteiger partial charge < -0.3 is 14.6 Å². The van der Waals surface area contributed by atoms with Gasteiger partial charge in [0.25, 0.3) is 0 Å². The summed E-state index contributed by atoms with van der Waals surface area (Å²) in [5.41, 5.74) is 4.25. The summed E-state index contributed by atoms with van der Waals surface area (Å²) in [4.78, 5) is 11.0. The van der Waals surface area contributed by atoms with E-state index in [4.69, 9.17) is 14.6 Å². The number of aromatic carboxylic acids is 1. The fourth-order valence-electron chi connectivity index (χ4n) is 1.99. The summed E-state index contributed by atoms with van der Waals surface area (Å²) in [6.45, 7) is 0. The van der Waals surface area contributed by atoms with Crippen LogP contribution < -0.4 is 14.9 Å². The lowest BCUT2D eigenvalue weighted by Gasteiger charge is -2.13. The SMILES string of the molecule is COc1c(Br)cc(/C=N/Nc2cccc(C(=O)O)c2)c(OC)c1Br. The zero-order chi connectivity index (χ0) is 17.7. The quantitative estimate of drug-likeness (QED) is 0.497. The van der Waals surface area contributed by atoms with Crippen LogP contribution in [-0.2, 0) is 0 Å². The summed E-state index contributed by atoms with van der Waals surface area (Å²) in [6.07, 6.45) is 1.57. The van der Waals surface area contributed by atoms with Gasteiger partial charge in [-0.1, -0.05) is 6.07 Å². The molecule has 126 valence electrons. The maximum atomic E-state index is 11.0. The predicted octanol–water partition coefficient (Wildman–Crippen LogP) is 4.37. The second kappa shape index (κ2) is 8.16. The van der Waals surface area contributed by atoms with Gasteiger partial charge in [0.05, 0.1) is 36.2 Å². The largest absolute Gasteiger partial charge is 0.495 e. The number of rotatable bonds is 6. The van der Waals surface area contributed by atoms with Gasteiger partial charge >= 0.3 is 5.97 Å². The normalized spacial score (nSPS) is 10.7. The predicted molar refractivity (Wildman–Crippen MR) is 99.6 cm³/mol. The highest BCUT2D eigenvalue weighted by molar-refractivity contribution is 9.11. The minimum atomic E-state index is -0.993. The minimum absolute atomic E-state index is 0.183. The zero-order valence-corrected chi connectivity index (χ0v) is 16.0. The molecule has 24 heavy (non-hydrogen) atoms. The summed E-state index contributed by atoms with van der Waals surface area (Å²) in [5, 5.41) is 13.1. The van der Waals surface area contributed by atoms with Crippen molar-refractivity contribution < 1.29 is 19.4 Å². The third-order valence-electron chi connectivity index (χ3n) is 3.08. The lowest BCUT2D eigenvalue weighted by atomic mass is 10.2. The van der Waals surface area contributed by atoms with Crippen molar-refractivity contribution >= 4 is 49.7 Å². The van der Waals surface area contributed by atoms with Crippen molar-refractivity contribution in [1.29, 1.82) is 0 Å². The van der Waals surface area contributed by atoms with Crippen LogP contribution in [0.4, 0.5) is 5.69 Å². The van der Waals surface area contributed by atoms with Crippen molar-refractivity contribution in [3.05, 3.63) is 50.4 Å². The standard InChI is InChI=1S/C16H14Br2N2O4/c1-23-14-10(7-12(17)15(24-2)13(14)18)8-19-20-11-5-3-4-9(6-11)16(21)22/h3-8,20H,1-2H3,(H,21,22)/b19-8+. The van der Waals surface area contributed by atoms with E-state index in [2.05, 4.69) is 42.4 Å². The second-order valence-electron chi connectivity index (χ2n) is 4.58. The number of hydrogen-bond donors (Lipinski definition) is 2. The summed E-state index contributed by atoms with van der Waals surface area (Å²) in [7, 11) is 3.11. The Morgan fingerprint density at radius 2 is 1.92 bits per heavy atom. The average Bonchev–Trinajstić information content (AvgIpc) is 2.55. The molecular weight excluding hydrogens is 444 g/mol. The molecule has 0 aliphatic carbocycles. The van der Waals surface area contributed by atoms with Crippen molar-refractivity contribution in [2.24, 2.45) is 5.10 Å². The highest BCUT2D eigenvalue weighted by atomic mass is 79.9. The van der Waals surface area contributed by atoms with Crippen LogP contribution in [0.5, 0.6) is 11.5 Å². The number of ether oxygens (including phenoxy) is 2. The molecule has 0 saturated heterocycles. The van der Waals surface area contributed by atoms with E-state index in [1.165, 1.54) is 12.1 Å². The van der Waals surface area contributed by atoms with E-state index in [0.717, 1.165) is 4.47 Å². The Kier molecular flexibility index (Phi) is 6.22. The average molecular weight is 458 g/mol. The smallest absolute Gasteiger partial charge is 0.335 e. The van der Waals surface area contributed by atoms with E-state index >= 15 is 0 Å². The van der Waals surface area contributed by atoms with Crippen molar-refractivity contribution in [3.8, 4) is 11.5 Å². The van der Waals surface area contributed by atoms with Gasteiger partial charge in [-0.2, -0.15) is 5.10 Å². The molecule has 2 aromatic rings. The number of hydrazone groups is 1. The monoisotopic (exact) mass is 456 g/mol. The van der Waals surface area contributed by atoms with E-state index in [-0.39, 0.29) is 5.56 Å². The summed E-state index contributed by atoms with van der Waals surface area (Å²) >= 11 is 6.86. The molecule has 0 aliphatic heterocycles. The number of halogens is 2. The van der Waals surface area contributed by atoms with E-state index in [1.807, 2.05) is 0 Å². The third-order valence-corrected chi connectivity index (χ3v) is 4.38. The van der Waals surface area contributed by atoms with Crippen molar-refractivity contribution in [1.82, 2.24) is 0 Å². The molecule has 0 fully saturated rings. The number of hydrogen-bond acceptors (Lipinski definition) is 5. The molecule has 6 nitrogen and oxygen atoms in total. The Morgan fingerprint density at radius 3 is 2.54 bits per heavy atom. The first-order chi connectivity index (χ1) is 11.5. The maximum Gasteiger partial charge on any atom is 0.335 e. The van der Waals surface area contributed by atoms with E-state index < -0.39 is 5.97 Å². The Bertz CT molecular complexity index is 794. The van der Waals surface area contributed by atoms with Crippen molar-refractivity contribution in [2.75, 3.05) is 19.6 Å². The highest BCUT2D eigenvalue weighted by Gasteiger charge is 2.15. The van der Waals surface area contributed by atoms with Gasteiger partial charge in [0.1, 0.15) is 10.2 Å². The molecule has 0 bridgehead atoms. The van der Waals surface area contributed by atoms with Crippen molar-refractivity contribution in [3.63, 3.8) is 0 Å². The first-order valence-electron chi connectivity index (χ1n) is 6.70. The molecule has 2 aromatic carbocycles. The molecule has 0 spiro atoms. The number of benzene rings is 2. The molecule has 0 unspecified atom stereocenters. The Hall–Kier alpha value is -2.06. The van der Waals surface area contributed by atoms with Crippen LogP contribution in [0.1, 0.15) is 15.9 Å². The number of nitrogens with one attached hydrogen (secondary N) is 1. The van der Waals surface area contributed by atoms with E-state index in [0.29, 0.717) is 27.2 Å². The molecule has 0 atom stereocenters. The van der Waals surface area contributed by atoms with Gasteiger partial charge in [0, 0.05) is 5.56 Å². The lowest BCUT2D eigenvalue weighted by Crippen LogP contribution is -1.99. The summed E-state index contributed by atoms with van der Waals surface area (Å²) in [5.74, 6) is 0.193. The third kappa shape index (κ3) is 4.07. The number of nitrogens with zero attached hydrogens (tertiary/aromatic N) is 1. The van der Waals surface area contributed by atoms with Gasteiger partial charge in [0.2, 0.25) is 0 Å². The maximum absolute atomic E-state index is 11.0. The molecule has 0 saturated carbocycles. The van der Waals surface area contributed by atoms with Crippen LogP contribution >= 0.6 is 31.9 Å². The van der Waals surface area contributed by atoms with Crippen LogP contribution in [0.3, 0.4) is 0 Å². The second-order valence-corrected chi connectivity index (χ2v) is 6.23. The minimum Gasteiger partial charge on any atom is -0.495 e. The molecule has 2 rings (SSSR count). The van der Waals surface area contributed by atoms with Crippen LogP contribution in [0.25, 0.3) is 0 Å². The van der Waals surface area contributed by atoms with Crippen LogP contribution in [0, 0.1) is 0 Å². The van der Waals surface area contributed by atoms with Crippen molar-refractivity contribution in [2.45, 2.75) is 0 Å². The molecular formula is C16H14Br2N2O4. The molecule has 0 heterocycles. The Balaban J connectivity index is 2.26. The fourth-order valence-corrected chi connectivity index (χ4v) is 3.63. The number of carboxylic acid groups (broad SMARTS) is 1. The lowest BCUT2D eigenvalue weighted by molar-refractivity contribution is 0.0697. The first-order valence-corrected chi connectivity index (χ1v) is 8.29. The number of carboxylic acids is 1. The Labute approximate surface area is 155 Å². The van der Waals surface area contributed by atoms with Gasteiger partial charge in [0.15, 0.2) is 5.75 Å². The van der Waals surface area contributed by atoms with E-state index in [9.17, 15) is 4.79 Å². The van der Waals surface area contributed by atoms with Gasteiger partial charge in [-0.15, -0.1) is 0 Å². The van der Waals surface area contributed by atoms with Crippen LogP contribution in [-0.4, -0.2) is 31.5 Å². The molecule has 0 amide bonds. The van der Waals surface area contributed by atoms with Gasteiger partial charge in [-0.25, -0.2) is 4.79 Å². The topological polar surface area (TPSA) is 80.2 Å². The highest BCUT2D eigenvalue weighted by Crippen LogP contribution is 2.42. The summed E-state index contributed by atoms with van der Waals surface area (Å²) < 4.78 is 12.1. The molecule has 2 N–H and O–H groups in total. The fraction of sp³-hybridized carbons (Fsp3) is 0.125. The van der Waals surface area contributed by atoms with Gasteiger partial charge in [-0.3, -0.25) is 5.43 Å². The van der Waals surface area contributed by atoms with Crippen LogP contribution in [0.15, 0.2) is 44.4 Å². The van der Waals surface area contributed by atoms with Gasteiger partial charge in [-0.05, 0) is 56.1 Å².